The fraction of sp³-hybridized carbons (Fsp3) is 0.235. The summed E-state index contributed by atoms with van der Waals surface area (Å²) in [7, 11) is -4.16. The van der Waals surface area contributed by atoms with E-state index in [1.807, 2.05) is 43.3 Å². The molecule has 0 saturated heterocycles. The van der Waals surface area contributed by atoms with Crippen molar-refractivity contribution >= 4 is 55.1 Å². The van der Waals surface area contributed by atoms with Gasteiger partial charge in [0, 0.05) is 29.0 Å². The molecule has 1 N–H and O–H groups in total. The van der Waals surface area contributed by atoms with Crippen LogP contribution in [0.5, 0.6) is 0 Å². The van der Waals surface area contributed by atoms with E-state index in [2.05, 4.69) is 21.2 Å². The Hall–Kier alpha value is -3.66. The number of hydrogen-bond donors (Lipinski definition) is 1. The number of nitrogens with one attached hydrogen (secondary N) is 1. The molecule has 1 atom stereocenters. The first-order valence-corrected chi connectivity index (χ1v) is 17.0. The van der Waals surface area contributed by atoms with Crippen LogP contribution < -0.4 is 9.62 Å². The second-order valence-electron chi connectivity index (χ2n) is 10.3. The minimum atomic E-state index is -4.16. The standard InChI is InChI=1S/C34H35BrClN3O4S/c1-2-3-20-37-34(41)32(22-26-12-6-4-7-13-26)38(24-27-14-10-16-29(36)21-27)33(40)25-39(30-17-11-15-28(35)23-30)44(42,43)31-18-8-5-9-19-31/h4-19,21,23,32H,2-3,20,22,24-25H2,1H3,(H,37,41)/t32-/m0/s1. The van der Waals surface area contributed by atoms with Crippen LogP contribution in [-0.2, 0) is 32.6 Å². The van der Waals surface area contributed by atoms with Crippen LogP contribution in [-0.4, -0.2) is 44.3 Å². The van der Waals surface area contributed by atoms with Gasteiger partial charge >= 0.3 is 0 Å². The highest BCUT2D eigenvalue weighted by Crippen LogP contribution is 2.27. The molecule has 0 bridgehead atoms. The second-order valence-corrected chi connectivity index (χ2v) is 13.5. The predicted octanol–water partition coefficient (Wildman–Crippen LogP) is 6.85. The average Bonchev–Trinajstić information content (AvgIpc) is 3.02. The van der Waals surface area contributed by atoms with Crippen molar-refractivity contribution in [1.29, 1.82) is 0 Å². The van der Waals surface area contributed by atoms with Crippen LogP contribution in [0, 0.1) is 0 Å². The van der Waals surface area contributed by atoms with E-state index >= 15 is 0 Å². The number of anilines is 1. The molecule has 0 aliphatic heterocycles. The molecule has 44 heavy (non-hydrogen) atoms. The number of benzene rings is 4. The number of unbranched alkanes of at least 4 members (excludes halogenated alkanes) is 1. The van der Waals surface area contributed by atoms with Gasteiger partial charge in [-0.25, -0.2) is 8.42 Å². The van der Waals surface area contributed by atoms with Crippen molar-refractivity contribution in [3.8, 4) is 0 Å². The molecule has 10 heteroatoms. The van der Waals surface area contributed by atoms with Gasteiger partial charge in [-0.05, 0) is 60.0 Å². The molecule has 0 radical (unpaired) electrons. The number of amides is 2. The van der Waals surface area contributed by atoms with Crippen LogP contribution in [0.25, 0.3) is 0 Å². The Morgan fingerprint density at radius 1 is 0.864 bits per heavy atom. The minimum Gasteiger partial charge on any atom is -0.354 e. The quantitative estimate of drug-likeness (QED) is 0.146. The van der Waals surface area contributed by atoms with Crippen LogP contribution in [0.2, 0.25) is 5.02 Å². The summed E-state index contributed by atoms with van der Waals surface area (Å²) in [4.78, 5) is 29.7. The Balaban J connectivity index is 1.78. The van der Waals surface area contributed by atoms with Crippen molar-refractivity contribution < 1.29 is 18.0 Å². The SMILES string of the molecule is CCCCNC(=O)[C@H](Cc1ccccc1)N(Cc1cccc(Cl)c1)C(=O)CN(c1cccc(Br)c1)S(=O)(=O)c1ccccc1. The van der Waals surface area contributed by atoms with Gasteiger partial charge in [0.2, 0.25) is 11.8 Å². The zero-order valence-electron chi connectivity index (χ0n) is 24.4. The summed E-state index contributed by atoms with van der Waals surface area (Å²) >= 11 is 9.72. The van der Waals surface area contributed by atoms with Gasteiger partial charge in [-0.15, -0.1) is 0 Å². The van der Waals surface area contributed by atoms with Crippen LogP contribution in [0.15, 0.2) is 119 Å². The topological polar surface area (TPSA) is 86.8 Å². The van der Waals surface area contributed by atoms with E-state index < -0.39 is 28.5 Å². The van der Waals surface area contributed by atoms with E-state index in [1.54, 1.807) is 60.7 Å². The zero-order valence-corrected chi connectivity index (χ0v) is 27.6. The highest BCUT2D eigenvalue weighted by atomic mass is 79.9. The maximum atomic E-state index is 14.4. The van der Waals surface area contributed by atoms with Gasteiger partial charge in [-0.1, -0.05) is 108 Å². The minimum absolute atomic E-state index is 0.0484. The Morgan fingerprint density at radius 3 is 2.18 bits per heavy atom. The van der Waals surface area contributed by atoms with E-state index in [0.717, 1.165) is 22.7 Å². The molecule has 0 heterocycles. The summed E-state index contributed by atoms with van der Waals surface area (Å²) in [6.07, 6.45) is 1.93. The number of carbonyl (C=O) groups is 2. The van der Waals surface area contributed by atoms with Crippen molar-refractivity contribution in [1.82, 2.24) is 10.2 Å². The molecule has 0 aliphatic carbocycles. The molecule has 2 amide bonds. The Bertz CT molecular complexity index is 1660. The van der Waals surface area contributed by atoms with Gasteiger partial charge in [0.15, 0.2) is 0 Å². The lowest BCUT2D eigenvalue weighted by molar-refractivity contribution is -0.140. The normalized spacial score (nSPS) is 11.9. The number of rotatable bonds is 14. The highest BCUT2D eigenvalue weighted by Gasteiger charge is 2.34. The number of hydrogen-bond acceptors (Lipinski definition) is 4. The van der Waals surface area contributed by atoms with E-state index in [-0.39, 0.29) is 23.8 Å². The third-order valence-corrected chi connectivity index (χ3v) is 9.57. The second kappa shape index (κ2) is 15.9. The number of carbonyl (C=O) groups excluding carboxylic acids is 2. The van der Waals surface area contributed by atoms with E-state index in [1.165, 1.54) is 17.0 Å². The van der Waals surface area contributed by atoms with E-state index in [0.29, 0.717) is 27.3 Å². The first kappa shape index (κ1) is 33.2. The summed E-state index contributed by atoms with van der Waals surface area (Å²) < 4.78 is 29.8. The Labute approximate surface area is 273 Å². The molecule has 230 valence electrons. The fourth-order valence-corrected chi connectivity index (χ4v) is 6.80. The summed E-state index contributed by atoms with van der Waals surface area (Å²) in [5.41, 5.74) is 1.89. The maximum absolute atomic E-state index is 14.4. The first-order valence-electron chi connectivity index (χ1n) is 14.4. The molecule has 0 aliphatic rings. The number of sulfonamides is 1. The molecule has 0 fully saturated rings. The van der Waals surface area contributed by atoms with Crippen molar-refractivity contribution in [2.45, 2.75) is 43.7 Å². The predicted molar refractivity (Wildman–Crippen MR) is 179 cm³/mol. The van der Waals surface area contributed by atoms with Crippen LogP contribution in [0.3, 0.4) is 0 Å². The third-order valence-electron chi connectivity index (χ3n) is 7.05. The molecule has 0 aromatic heterocycles. The third kappa shape index (κ3) is 8.94. The lowest BCUT2D eigenvalue weighted by Gasteiger charge is -2.34. The van der Waals surface area contributed by atoms with Crippen molar-refractivity contribution in [2.75, 3.05) is 17.4 Å². The van der Waals surface area contributed by atoms with Gasteiger partial charge < -0.3 is 10.2 Å². The largest absolute Gasteiger partial charge is 0.354 e. The highest BCUT2D eigenvalue weighted by molar-refractivity contribution is 9.10. The Kier molecular flexibility index (Phi) is 12.0. The monoisotopic (exact) mass is 695 g/mol. The van der Waals surface area contributed by atoms with Gasteiger partial charge in [0.05, 0.1) is 10.6 Å². The zero-order chi connectivity index (χ0) is 31.5. The summed E-state index contributed by atoms with van der Waals surface area (Å²) in [5, 5.41) is 3.48. The Morgan fingerprint density at radius 2 is 1.52 bits per heavy atom. The maximum Gasteiger partial charge on any atom is 0.264 e. The van der Waals surface area contributed by atoms with Gasteiger partial charge in [0.25, 0.3) is 10.0 Å². The van der Waals surface area contributed by atoms with Gasteiger partial charge in [0.1, 0.15) is 12.6 Å². The molecular weight excluding hydrogens is 662 g/mol. The fourth-order valence-electron chi connectivity index (χ4n) is 4.77. The molecule has 0 unspecified atom stereocenters. The summed E-state index contributed by atoms with van der Waals surface area (Å²) in [5.74, 6) is -0.839. The smallest absolute Gasteiger partial charge is 0.264 e. The molecule has 0 saturated carbocycles. The number of nitrogens with zero attached hydrogens (tertiary/aromatic N) is 2. The molecule has 4 aromatic carbocycles. The van der Waals surface area contributed by atoms with Crippen molar-refractivity contribution in [2.24, 2.45) is 0 Å². The molecular formula is C34H35BrClN3O4S. The van der Waals surface area contributed by atoms with E-state index in [9.17, 15) is 18.0 Å². The van der Waals surface area contributed by atoms with E-state index in [4.69, 9.17) is 11.6 Å². The van der Waals surface area contributed by atoms with Crippen molar-refractivity contribution in [3.63, 3.8) is 0 Å². The molecule has 4 rings (SSSR count). The average molecular weight is 697 g/mol. The van der Waals surface area contributed by atoms with Gasteiger partial charge in [-0.3, -0.25) is 13.9 Å². The number of halogens is 2. The van der Waals surface area contributed by atoms with Crippen LogP contribution in [0.1, 0.15) is 30.9 Å². The van der Waals surface area contributed by atoms with Crippen molar-refractivity contribution in [3.05, 3.63) is 130 Å². The summed E-state index contributed by atoms with van der Waals surface area (Å²) in [6.45, 7) is 2.02. The van der Waals surface area contributed by atoms with Gasteiger partial charge in [-0.2, -0.15) is 0 Å². The first-order chi connectivity index (χ1) is 21.2. The molecule has 0 spiro atoms. The lowest BCUT2D eigenvalue weighted by atomic mass is 10.0. The van der Waals surface area contributed by atoms with Crippen LogP contribution in [0.4, 0.5) is 5.69 Å². The summed E-state index contributed by atoms with van der Waals surface area (Å²) in [6, 6.07) is 30.4. The molecule has 7 nitrogen and oxygen atoms in total. The molecule has 4 aromatic rings. The lowest BCUT2D eigenvalue weighted by Crippen LogP contribution is -2.53. The van der Waals surface area contributed by atoms with Crippen LogP contribution >= 0.6 is 27.5 Å².